The normalized spacial score (nSPS) is 12.4. The van der Waals surface area contributed by atoms with Gasteiger partial charge < -0.3 is 4.74 Å². The highest BCUT2D eigenvalue weighted by molar-refractivity contribution is 5.24. The molecule has 0 spiro atoms. The van der Waals surface area contributed by atoms with Crippen LogP contribution >= 0.6 is 0 Å². The minimum absolute atomic E-state index is 0.191. The van der Waals surface area contributed by atoms with E-state index in [-0.39, 0.29) is 11.2 Å². The minimum Gasteiger partial charge on any atom is -0.369 e. The zero-order valence-electron chi connectivity index (χ0n) is 15.4. The van der Waals surface area contributed by atoms with E-state index in [0.717, 1.165) is 12.8 Å². The van der Waals surface area contributed by atoms with Crippen molar-refractivity contribution in [1.82, 2.24) is 0 Å². The Bertz CT molecular complexity index is 561. The summed E-state index contributed by atoms with van der Waals surface area (Å²) in [6.07, 6.45) is 1.84. The largest absolute Gasteiger partial charge is 0.369 e. The Labute approximate surface area is 141 Å². The van der Waals surface area contributed by atoms with Crippen LogP contribution in [0.3, 0.4) is 0 Å². The molecule has 0 atom stereocenters. The van der Waals surface area contributed by atoms with Crippen LogP contribution in [0.1, 0.15) is 49.9 Å². The summed E-state index contributed by atoms with van der Waals surface area (Å²) in [6.45, 7) is 13.0. The number of rotatable bonds is 6. The molecule has 0 saturated heterocycles. The van der Waals surface area contributed by atoms with Gasteiger partial charge in [0, 0.05) is 12.8 Å². The van der Waals surface area contributed by atoms with Gasteiger partial charge in [-0.15, -0.1) is 0 Å². The van der Waals surface area contributed by atoms with Crippen molar-refractivity contribution >= 4 is 0 Å². The van der Waals surface area contributed by atoms with Crippen molar-refractivity contribution in [1.29, 1.82) is 0 Å². The maximum absolute atomic E-state index is 6.49. The Morgan fingerprint density at radius 3 is 1.22 bits per heavy atom. The fourth-order valence-electron chi connectivity index (χ4n) is 3.22. The van der Waals surface area contributed by atoms with Crippen LogP contribution in [-0.4, -0.2) is 11.2 Å². The molecule has 0 bridgehead atoms. The second kappa shape index (κ2) is 6.88. The van der Waals surface area contributed by atoms with E-state index >= 15 is 0 Å². The van der Waals surface area contributed by atoms with Crippen LogP contribution in [-0.2, 0) is 17.6 Å². The summed E-state index contributed by atoms with van der Waals surface area (Å²) >= 11 is 0. The standard InChI is InChI=1S/C22H30O/c1-17-7-11-19(12-8-17)15-21(3,4)23-22(5,6)16-20-13-9-18(2)10-14-20/h7-14H,15-16H2,1-6H3. The highest BCUT2D eigenvalue weighted by Crippen LogP contribution is 2.27. The zero-order chi connectivity index (χ0) is 17.1. The number of aryl methyl sites for hydroxylation is 2. The van der Waals surface area contributed by atoms with Crippen LogP contribution in [0.5, 0.6) is 0 Å². The van der Waals surface area contributed by atoms with Gasteiger partial charge in [0.15, 0.2) is 0 Å². The highest BCUT2D eigenvalue weighted by Gasteiger charge is 2.29. The molecule has 0 aliphatic rings. The number of hydrogen-bond acceptors (Lipinski definition) is 1. The molecule has 2 aromatic carbocycles. The molecule has 0 aromatic heterocycles. The molecule has 0 unspecified atom stereocenters. The first-order valence-corrected chi connectivity index (χ1v) is 8.47. The Morgan fingerprint density at radius 1 is 0.609 bits per heavy atom. The van der Waals surface area contributed by atoms with Crippen LogP contribution in [0, 0.1) is 13.8 Å². The molecule has 1 heteroatoms. The lowest BCUT2D eigenvalue weighted by Crippen LogP contribution is -2.40. The van der Waals surface area contributed by atoms with Crippen LogP contribution in [0.2, 0.25) is 0 Å². The maximum Gasteiger partial charge on any atom is 0.0674 e. The van der Waals surface area contributed by atoms with Crippen LogP contribution in [0.4, 0.5) is 0 Å². The molecule has 0 aliphatic heterocycles. The summed E-state index contributed by atoms with van der Waals surface area (Å²) in [4.78, 5) is 0. The molecule has 1 nitrogen and oxygen atoms in total. The molecule has 2 rings (SSSR count). The molecule has 23 heavy (non-hydrogen) atoms. The topological polar surface area (TPSA) is 9.23 Å². The smallest absolute Gasteiger partial charge is 0.0674 e. The van der Waals surface area contributed by atoms with Crippen LogP contribution in [0.25, 0.3) is 0 Å². The van der Waals surface area contributed by atoms with Gasteiger partial charge >= 0.3 is 0 Å². The van der Waals surface area contributed by atoms with Gasteiger partial charge in [-0.1, -0.05) is 59.7 Å². The van der Waals surface area contributed by atoms with E-state index in [1.165, 1.54) is 22.3 Å². The monoisotopic (exact) mass is 310 g/mol. The molecular weight excluding hydrogens is 280 g/mol. The average molecular weight is 310 g/mol. The third-order valence-corrected chi connectivity index (χ3v) is 4.05. The summed E-state index contributed by atoms with van der Waals surface area (Å²) in [5.74, 6) is 0. The molecule has 124 valence electrons. The third kappa shape index (κ3) is 5.84. The van der Waals surface area contributed by atoms with E-state index in [1.807, 2.05) is 0 Å². The molecule has 0 saturated carbocycles. The highest BCUT2D eigenvalue weighted by atomic mass is 16.5. The lowest BCUT2D eigenvalue weighted by molar-refractivity contribution is -0.121. The van der Waals surface area contributed by atoms with E-state index in [2.05, 4.69) is 90.1 Å². The van der Waals surface area contributed by atoms with Gasteiger partial charge in [0.05, 0.1) is 11.2 Å². The molecular formula is C22H30O. The van der Waals surface area contributed by atoms with E-state index in [1.54, 1.807) is 0 Å². The third-order valence-electron chi connectivity index (χ3n) is 4.05. The second-order valence-electron chi connectivity index (χ2n) is 7.95. The van der Waals surface area contributed by atoms with Crippen molar-refractivity contribution in [2.24, 2.45) is 0 Å². The summed E-state index contributed by atoms with van der Waals surface area (Å²) in [6, 6.07) is 17.5. The Hall–Kier alpha value is -1.60. The molecule has 2 aromatic rings. The van der Waals surface area contributed by atoms with E-state index in [0.29, 0.717) is 0 Å². The number of hydrogen-bond donors (Lipinski definition) is 0. The first-order valence-electron chi connectivity index (χ1n) is 8.47. The van der Waals surface area contributed by atoms with Gasteiger partial charge in [0.1, 0.15) is 0 Å². The van der Waals surface area contributed by atoms with Gasteiger partial charge in [-0.2, -0.15) is 0 Å². The molecule has 0 amide bonds. The van der Waals surface area contributed by atoms with Crippen molar-refractivity contribution in [2.75, 3.05) is 0 Å². The fourth-order valence-corrected chi connectivity index (χ4v) is 3.22. The van der Waals surface area contributed by atoms with Crippen LogP contribution < -0.4 is 0 Å². The Kier molecular flexibility index (Phi) is 5.31. The summed E-state index contributed by atoms with van der Waals surface area (Å²) in [7, 11) is 0. The lowest BCUT2D eigenvalue weighted by Gasteiger charge is -2.36. The summed E-state index contributed by atoms with van der Waals surface area (Å²) in [5, 5.41) is 0. The number of benzene rings is 2. The predicted octanol–water partition coefficient (Wildman–Crippen LogP) is 5.66. The van der Waals surface area contributed by atoms with E-state index < -0.39 is 0 Å². The molecule has 0 fully saturated rings. The van der Waals surface area contributed by atoms with Gasteiger partial charge in [-0.05, 0) is 52.7 Å². The van der Waals surface area contributed by atoms with Crippen molar-refractivity contribution in [3.05, 3.63) is 70.8 Å². The van der Waals surface area contributed by atoms with Gasteiger partial charge in [-0.3, -0.25) is 0 Å². The van der Waals surface area contributed by atoms with Gasteiger partial charge in [0.2, 0.25) is 0 Å². The summed E-state index contributed by atoms with van der Waals surface area (Å²) in [5.41, 5.74) is 4.87. The summed E-state index contributed by atoms with van der Waals surface area (Å²) < 4.78 is 6.49. The van der Waals surface area contributed by atoms with Crippen LogP contribution in [0.15, 0.2) is 48.5 Å². The lowest BCUT2D eigenvalue weighted by atomic mass is 9.93. The molecule has 0 N–H and O–H groups in total. The van der Waals surface area contributed by atoms with Crippen molar-refractivity contribution < 1.29 is 4.74 Å². The fraction of sp³-hybridized carbons (Fsp3) is 0.455. The SMILES string of the molecule is Cc1ccc(CC(C)(C)OC(C)(C)Cc2ccc(C)cc2)cc1. The van der Waals surface area contributed by atoms with Crippen molar-refractivity contribution in [2.45, 2.75) is 65.6 Å². The molecule has 0 heterocycles. The van der Waals surface area contributed by atoms with Gasteiger partial charge in [0.25, 0.3) is 0 Å². The van der Waals surface area contributed by atoms with Crippen molar-refractivity contribution in [3.63, 3.8) is 0 Å². The van der Waals surface area contributed by atoms with Crippen molar-refractivity contribution in [3.8, 4) is 0 Å². The Morgan fingerprint density at radius 2 is 0.913 bits per heavy atom. The van der Waals surface area contributed by atoms with E-state index in [9.17, 15) is 0 Å². The maximum atomic E-state index is 6.49. The quantitative estimate of drug-likeness (QED) is 0.668. The number of ether oxygens (including phenoxy) is 1. The van der Waals surface area contributed by atoms with E-state index in [4.69, 9.17) is 4.74 Å². The minimum atomic E-state index is -0.191. The first kappa shape index (κ1) is 17.7. The Balaban J connectivity index is 2.02. The molecule has 0 radical (unpaired) electrons. The predicted molar refractivity (Wildman–Crippen MR) is 99.0 cm³/mol. The zero-order valence-corrected chi connectivity index (χ0v) is 15.4. The average Bonchev–Trinajstić information content (AvgIpc) is 2.42. The first-order chi connectivity index (χ1) is 10.7. The second-order valence-corrected chi connectivity index (χ2v) is 7.95. The molecule has 0 aliphatic carbocycles. The van der Waals surface area contributed by atoms with Gasteiger partial charge in [-0.25, -0.2) is 0 Å².